The van der Waals surface area contributed by atoms with E-state index < -0.39 is 5.60 Å². The molecule has 0 saturated heterocycles. The van der Waals surface area contributed by atoms with Gasteiger partial charge in [-0.25, -0.2) is 6.08 Å². The van der Waals surface area contributed by atoms with Gasteiger partial charge in [0.15, 0.2) is 0 Å². The van der Waals surface area contributed by atoms with Crippen molar-refractivity contribution in [1.82, 2.24) is 0 Å². The number of ether oxygens (including phenoxy) is 1. The molecule has 0 spiro atoms. The molecule has 0 heterocycles. The minimum atomic E-state index is -0.700. The first-order valence-corrected chi connectivity index (χ1v) is 10.2. The van der Waals surface area contributed by atoms with Gasteiger partial charge in [-0.3, -0.25) is 0 Å². The summed E-state index contributed by atoms with van der Waals surface area (Å²) in [5.74, 6) is 0.713. The summed E-state index contributed by atoms with van der Waals surface area (Å²) in [7, 11) is 0. The Morgan fingerprint density at radius 1 is 0.793 bits per heavy atom. The van der Waals surface area contributed by atoms with Crippen LogP contribution in [0.5, 0.6) is 0 Å². The molecule has 1 nitrogen and oxygen atoms in total. The summed E-state index contributed by atoms with van der Waals surface area (Å²) in [6.07, 6.45) is 6.49. The molecule has 0 aromatic heterocycles. The van der Waals surface area contributed by atoms with Crippen molar-refractivity contribution in [3.63, 3.8) is 0 Å². The van der Waals surface area contributed by atoms with Crippen molar-refractivity contribution in [1.29, 1.82) is 0 Å². The molecule has 3 aromatic rings. The van der Waals surface area contributed by atoms with Crippen molar-refractivity contribution < 1.29 is 23.6 Å². The molecule has 1 aliphatic rings. The van der Waals surface area contributed by atoms with E-state index in [1.165, 1.54) is 19.3 Å². The molecule has 1 aliphatic carbocycles. The Morgan fingerprint density at radius 2 is 1.21 bits per heavy atom. The molecule has 0 N–H and O–H groups in total. The third-order valence-corrected chi connectivity index (χ3v) is 5.87. The molecule has 1 unspecified atom stereocenters. The predicted octanol–water partition coefficient (Wildman–Crippen LogP) is 3.55. The van der Waals surface area contributed by atoms with Crippen molar-refractivity contribution in [2.45, 2.75) is 37.4 Å². The van der Waals surface area contributed by atoms with Crippen LogP contribution < -0.4 is 18.9 Å². The molecule has 0 aliphatic heterocycles. The molecule has 0 bridgehead atoms. The van der Waals surface area contributed by atoms with Gasteiger partial charge in [-0.2, -0.15) is 0 Å². The van der Waals surface area contributed by atoms with E-state index in [2.05, 4.69) is 72.8 Å². The average molecular weight is 374 g/mol. The van der Waals surface area contributed by atoms with Crippen LogP contribution in [-0.2, 0) is 10.3 Å². The third-order valence-electron chi connectivity index (χ3n) is 5.87. The van der Waals surface area contributed by atoms with E-state index >= 15 is 0 Å². The van der Waals surface area contributed by atoms with Crippen LogP contribution in [0.1, 0.15) is 42.4 Å². The first kappa shape index (κ1) is 21.7. The fourth-order valence-corrected chi connectivity index (χ4v) is 4.17. The monoisotopic (exact) mass is 374 g/mol. The maximum atomic E-state index is 6.97. The van der Waals surface area contributed by atoms with Crippen molar-refractivity contribution in [2.75, 3.05) is 0 Å². The summed E-state index contributed by atoms with van der Waals surface area (Å²) in [6.45, 7) is 6.09. The summed E-state index contributed by atoms with van der Waals surface area (Å²) in [4.78, 5) is 0. The Morgan fingerprint density at radius 3 is 1.52 bits per heavy atom. The Kier molecular flexibility index (Phi) is 7.56. The van der Waals surface area contributed by atoms with Gasteiger partial charge < -0.3 is 11.3 Å². The van der Waals surface area contributed by atoms with Gasteiger partial charge in [-0.1, -0.05) is 110 Å². The maximum Gasteiger partial charge on any atom is 1.00 e. The minimum absolute atomic E-state index is 0. The quantitative estimate of drug-likeness (QED) is 0.333. The van der Waals surface area contributed by atoms with Gasteiger partial charge in [0.05, 0.1) is 0 Å². The molecule has 0 amide bonds. The third kappa shape index (κ3) is 4.59. The standard InChI is InChI=1S/C27H27O.Li/c1-2-26(21-22-13-12-14-22)28-27(23-15-6-3-7-16-23,24-17-8-4-9-18-24)25-19-10-5-11-20-25;/h1-11,15-20,22,26H,12-14,21H2;/q-1;+1. The van der Waals surface area contributed by atoms with Crippen LogP contribution in [0.2, 0.25) is 0 Å². The van der Waals surface area contributed by atoms with E-state index in [1.807, 2.05) is 18.2 Å². The van der Waals surface area contributed by atoms with Crippen LogP contribution >= 0.6 is 0 Å². The molecule has 29 heavy (non-hydrogen) atoms. The van der Waals surface area contributed by atoms with Gasteiger partial charge in [0.25, 0.3) is 0 Å². The predicted molar refractivity (Wildman–Crippen MR) is 115 cm³/mol. The molecule has 2 heteroatoms. The van der Waals surface area contributed by atoms with E-state index in [1.54, 1.807) is 6.08 Å². The fraction of sp³-hybridized carbons (Fsp3) is 0.259. The Hall–Kier alpha value is -2.04. The zero-order chi connectivity index (χ0) is 19.2. The van der Waals surface area contributed by atoms with E-state index in [4.69, 9.17) is 11.3 Å². The Labute approximate surface area is 187 Å². The summed E-state index contributed by atoms with van der Waals surface area (Å²) < 4.78 is 6.97. The second-order valence-corrected chi connectivity index (χ2v) is 7.66. The molecule has 1 fully saturated rings. The second kappa shape index (κ2) is 10.1. The smallest absolute Gasteiger partial charge is 0.515 e. The summed E-state index contributed by atoms with van der Waals surface area (Å²) in [5, 5.41) is 0. The molecular formula is C27H27LiO. The van der Waals surface area contributed by atoms with Crippen molar-refractivity contribution in [3.05, 3.63) is 120 Å². The molecular weight excluding hydrogens is 347 g/mol. The molecule has 1 saturated carbocycles. The van der Waals surface area contributed by atoms with Crippen LogP contribution in [0.3, 0.4) is 0 Å². The fourth-order valence-electron chi connectivity index (χ4n) is 4.17. The average Bonchev–Trinajstić information content (AvgIpc) is 2.75. The van der Waals surface area contributed by atoms with Crippen molar-refractivity contribution in [3.8, 4) is 0 Å². The molecule has 4 rings (SSSR count). The van der Waals surface area contributed by atoms with Gasteiger partial charge in [-0.15, -0.1) is 0 Å². The first-order valence-electron chi connectivity index (χ1n) is 10.2. The normalized spacial score (nSPS) is 15.0. The Bertz CT molecular complexity index is 776. The van der Waals surface area contributed by atoms with Gasteiger partial charge in [0, 0.05) is 6.10 Å². The van der Waals surface area contributed by atoms with E-state index in [0.29, 0.717) is 5.92 Å². The Balaban J connectivity index is 0.00000240. The SMILES string of the molecule is [CH-]=CC(CC1CCC1)OC(c1ccccc1)(c1ccccc1)c1ccccc1.[Li+]. The zero-order valence-corrected chi connectivity index (χ0v) is 17.2. The van der Waals surface area contributed by atoms with Gasteiger partial charge >= 0.3 is 18.9 Å². The van der Waals surface area contributed by atoms with E-state index in [-0.39, 0.29) is 25.0 Å². The van der Waals surface area contributed by atoms with Crippen LogP contribution in [-0.4, -0.2) is 6.10 Å². The summed E-state index contributed by atoms with van der Waals surface area (Å²) >= 11 is 0. The van der Waals surface area contributed by atoms with Gasteiger partial charge in [0.1, 0.15) is 5.60 Å². The summed E-state index contributed by atoms with van der Waals surface area (Å²) in [6, 6.07) is 31.5. The molecule has 3 aromatic carbocycles. The first-order chi connectivity index (χ1) is 13.8. The minimum Gasteiger partial charge on any atom is -0.515 e. The van der Waals surface area contributed by atoms with Crippen molar-refractivity contribution >= 4 is 0 Å². The van der Waals surface area contributed by atoms with Gasteiger partial charge in [0.2, 0.25) is 0 Å². The number of hydrogen-bond acceptors (Lipinski definition) is 1. The molecule has 0 radical (unpaired) electrons. The van der Waals surface area contributed by atoms with Crippen LogP contribution in [0.25, 0.3) is 0 Å². The number of benzene rings is 3. The molecule has 1 atom stereocenters. The van der Waals surface area contributed by atoms with Gasteiger partial charge in [-0.05, 0) is 29.0 Å². The topological polar surface area (TPSA) is 9.23 Å². The molecule has 142 valence electrons. The van der Waals surface area contributed by atoms with Crippen LogP contribution in [0.15, 0.2) is 97.1 Å². The second-order valence-electron chi connectivity index (χ2n) is 7.66. The number of hydrogen-bond donors (Lipinski definition) is 0. The maximum absolute atomic E-state index is 6.97. The van der Waals surface area contributed by atoms with Crippen LogP contribution in [0, 0.1) is 12.5 Å². The largest absolute Gasteiger partial charge is 1.00 e. The van der Waals surface area contributed by atoms with Crippen molar-refractivity contribution in [2.24, 2.45) is 5.92 Å². The van der Waals surface area contributed by atoms with E-state index in [0.717, 1.165) is 23.1 Å². The van der Waals surface area contributed by atoms with Crippen LogP contribution in [0.4, 0.5) is 0 Å². The summed E-state index contributed by atoms with van der Waals surface area (Å²) in [5.41, 5.74) is 2.65. The zero-order valence-electron chi connectivity index (χ0n) is 17.2. The number of rotatable bonds is 8. The van der Waals surface area contributed by atoms with E-state index in [9.17, 15) is 0 Å².